The lowest BCUT2D eigenvalue weighted by molar-refractivity contribution is -0.120. The molecule has 0 bridgehead atoms. The second-order valence-electron chi connectivity index (χ2n) is 4.76. The normalized spacial score (nSPS) is 11.8. The Hall–Kier alpha value is -1.53. The minimum absolute atomic E-state index is 0.0432. The molecule has 1 unspecified atom stereocenters. The van der Waals surface area contributed by atoms with Gasteiger partial charge >= 0.3 is 0 Å². The van der Waals surface area contributed by atoms with Gasteiger partial charge in [-0.15, -0.1) is 11.8 Å². The Morgan fingerprint density at radius 3 is 2.48 bits per heavy atom. The van der Waals surface area contributed by atoms with Gasteiger partial charge in [-0.05, 0) is 33.0 Å². The molecular weight excluding hydrogens is 286 g/mol. The topological polar surface area (TPSA) is 70.2 Å². The molecule has 0 fully saturated rings. The van der Waals surface area contributed by atoms with Crippen molar-refractivity contribution in [3.8, 4) is 0 Å². The number of anilines is 1. The van der Waals surface area contributed by atoms with E-state index in [1.165, 1.54) is 11.8 Å². The second kappa shape index (κ2) is 9.41. The molecule has 6 heteroatoms. The highest BCUT2D eigenvalue weighted by Crippen LogP contribution is 2.13. The zero-order valence-corrected chi connectivity index (χ0v) is 13.5. The molecule has 0 radical (unpaired) electrons. The Kier molecular flexibility index (Phi) is 7.85. The molecule has 0 saturated heterocycles. The lowest BCUT2D eigenvalue weighted by atomic mass is 10.2. The fourth-order valence-corrected chi connectivity index (χ4v) is 2.27. The van der Waals surface area contributed by atoms with Crippen molar-refractivity contribution < 1.29 is 9.59 Å². The summed E-state index contributed by atoms with van der Waals surface area (Å²) < 4.78 is 0. The summed E-state index contributed by atoms with van der Waals surface area (Å²) in [5.74, 6) is 0.117. The Morgan fingerprint density at radius 2 is 1.86 bits per heavy atom. The van der Waals surface area contributed by atoms with Crippen molar-refractivity contribution in [1.82, 2.24) is 10.6 Å². The van der Waals surface area contributed by atoms with Crippen molar-refractivity contribution in [3.05, 3.63) is 29.8 Å². The molecule has 21 heavy (non-hydrogen) atoms. The van der Waals surface area contributed by atoms with Gasteiger partial charge in [-0.25, -0.2) is 0 Å². The molecule has 1 atom stereocenters. The molecule has 0 aliphatic rings. The number of rotatable bonds is 8. The van der Waals surface area contributed by atoms with E-state index in [1.54, 1.807) is 6.92 Å². The van der Waals surface area contributed by atoms with Gasteiger partial charge in [0.05, 0.1) is 11.0 Å². The molecule has 5 nitrogen and oxygen atoms in total. The summed E-state index contributed by atoms with van der Waals surface area (Å²) >= 11 is 1.33. The molecule has 0 saturated carbocycles. The van der Waals surface area contributed by atoms with Crippen molar-refractivity contribution in [3.63, 3.8) is 0 Å². The lowest BCUT2D eigenvalue weighted by Gasteiger charge is -2.12. The molecular formula is C15H23N3O2S. The maximum absolute atomic E-state index is 11.8. The number of hydrogen-bond donors (Lipinski definition) is 3. The zero-order chi connectivity index (χ0) is 15.7. The number of thioether (sulfide) groups is 1. The standard InChI is InChI=1S/C15H23N3O2S/c1-11-4-6-13(7-5-11)18-14(19)10-21-12(2)15(20)17-9-8-16-3/h4-7,12,16H,8-10H2,1-3H3,(H,17,20)(H,18,19). The summed E-state index contributed by atoms with van der Waals surface area (Å²) in [6.07, 6.45) is 0. The molecule has 0 aromatic heterocycles. The summed E-state index contributed by atoms with van der Waals surface area (Å²) in [6, 6.07) is 7.62. The van der Waals surface area contributed by atoms with Gasteiger partial charge in [-0.2, -0.15) is 0 Å². The van der Waals surface area contributed by atoms with Crippen LogP contribution in [-0.4, -0.2) is 43.0 Å². The first-order valence-electron chi connectivity index (χ1n) is 6.93. The monoisotopic (exact) mass is 309 g/mol. The van der Waals surface area contributed by atoms with Gasteiger partial charge in [0.1, 0.15) is 0 Å². The van der Waals surface area contributed by atoms with E-state index in [0.29, 0.717) is 6.54 Å². The van der Waals surface area contributed by atoms with E-state index >= 15 is 0 Å². The number of carbonyl (C=O) groups is 2. The first-order chi connectivity index (χ1) is 10.0. The third-order valence-electron chi connectivity index (χ3n) is 2.84. The van der Waals surface area contributed by atoms with Gasteiger partial charge in [0.2, 0.25) is 11.8 Å². The largest absolute Gasteiger partial charge is 0.354 e. The van der Waals surface area contributed by atoms with E-state index in [0.717, 1.165) is 17.8 Å². The third kappa shape index (κ3) is 7.15. The van der Waals surface area contributed by atoms with Crippen molar-refractivity contribution in [2.75, 3.05) is 31.2 Å². The van der Waals surface area contributed by atoms with E-state index < -0.39 is 0 Å². The highest BCUT2D eigenvalue weighted by molar-refractivity contribution is 8.01. The summed E-state index contributed by atoms with van der Waals surface area (Å²) in [5, 5.41) is 8.34. The quantitative estimate of drug-likeness (QED) is 0.635. The molecule has 0 heterocycles. The number of nitrogens with one attached hydrogen (secondary N) is 3. The number of aryl methyl sites for hydroxylation is 1. The van der Waals surface area contributed by atoms with Crippen molar-refractivity contribution >= 4 is 29.3 Å². The van der Waals surface area contributed by atoms with Gasteiger partial charge < -0.3 is 16.0 Å². The summed E-state index contributed by atoms with van der Waals surface area (Å²) in [5.41, 5.74) is 1.92. The third-order valence-corrected chi connectivity index (χ3v) is 3.99. The summed E-state index contributed by atoms with van der Waals surface area (Å²) in [4.78, 5) is 23.5. The molecule has 0 spiro atoms. The van der Waals surface area contributed by atoms with Crippen LogP contribution in [0.3, 0.4) is 0 Å². The minimum atomic E-state index is -0.245. The first kappa shape index (κ1) is 17.5. The van der Waals surface area contributed by atoms with Crippen LogP contribution in [0.4, 0.5) is 5.69 Å². The van der Waals surface area contributed by atoms with Gasteiger partial charge in [0.25, 0.3) is 0 Å². The van der Waals surface area contributed by atoms with Crippen LogP contribution in [0.1, 0.15) is 12.5 Å². The van der Waals surface area contributed by atoms with Crippen LogP contribution in [-0.2, 0) is 9.59 Å². The van der Waals surface area contributed by atoms with Gasteiger partial charge in [-0.1, -0.05) is 17.7 Å². The van der Waals surface area contributed by atoms with Crippen LogP contribution < -0.4 is 16.0 Å². The molecule has 0 aliphatic heterocycles. The first-order valence-corrected chi connectivity index (χ1v) is 7.98. The number of hydrogen-bond acceptors (Lipinski definition) is 4. The van der Waals surface area contributed by atoms with Crippen LogP contribution in [0.2, 0.25) is 0 Å². The highest BCUT2D eigenvalue weighted by atomic mass is 32.2. The van der Waals surface area contributed by atoms with Gasteiger partial charge in [0.15, 0.2) is 0 Å². The van der Waals surface area contributed by atoms with Crippen LogP contribution in [0.15, 0.2) is 24.3 Å². The summed E-state index contributed by atoms with van der Waals surface area (Å²) in [7, 11) is 1.83. The molecule has 0 aliphatic carbocycles. The van der Waals surface area contributed by atoms with E-state index in [-0.39, 0.29) is 22.8 Å². The molecule has 116 valence electrons. The van der Waals surface area contributed by atoms with E-state index in [9.17, 15) is 9.59 Å². The maximum atomic E-state index is 11.8. The van der Waals surface area contributed by atoms with E-state index in [1.807, 2.05) is 38.2 Å². The predicted octanol–water partition coefficient (Wildman–Crippen LogP) is 1.39. The van der Waals surface area contributed by atoms with Crippen LogP contribution >= 0.6 is 11.8 Å². The van der Waals surface area contributed by atoms with Crippen LogP contribution in [0, 0.1) is 6.92 Å². The van der Waals surface area contributed by atoms with Crippen LogP contribution in [0.5, 0.6) is 0 Å². The van der Waals surface area contributed by atoms with Gasteiger partial charge in [0, 0.05) is 18.8 Å². The van der Waals surface area contributed by atoms with E-state index in [4.69, 9.17) is 0 Å². The molecule has 1 aromatic carbocycles. The molecule has 1 rings (SSSR count). The summed E-state index contributed by atoms with van der Waals surface area (Å²) in [6.45, 7) is 5.13. The molecule has 3 N–H and O–H groups in total. The molecule has 2 amide bonds. The van der Waals surface area contributed by atoms with E-state index in [2.05, 4.69) is 16.0 Å². The minimum Gasteiger partial charge on any atom is -0.354 e. The lowest BCUT2D eigenvalue weighted by Crippen LogP contribution is -2.35. The Labute approximate surface area is 130 Å². The maximum Gasteiger partial charge on any atom is 0.234 e. The van der Waals surface area contributed by atoms with Crippen molar-refractivity contribution in [1.29, 1.82) is 0 Å². The number of carbonyl (C=O) groups excluding carboxylic acids is 2. The SMILES string of the molecule is CNCCNC(=O)C(C)SCC(=O)Nc1ccc(C)cc1. The average Bonchev–Trinajstić information content (AvgIpc) is 2.47. The van der Waals surface area contributed by atoms with Crippen LogP contribution in [0.25, 0.3) is 0 Å². The second-order valence-corrected chi connectivity index (χ2v) is 6.09. The fraction of sp³-hybridized carbons (Fsp3) is 0.467. The average molecular weight is 309 g/mol. The molecule has 1 aromatic rings. The highest BCUT2D eigenvalue weighted by Gasteiger charge is 2.14. The number of benzene rings is 1. The van der Waals surface area contributed by atoms with Gasteiger partial charge in [-0.3, -0.25) is 9.59 Å². The van der Waals surface area contributed by atoms with Crippen molar-refractivity contribution in [2.45, 2.75) is 19.1 Å². The zero-order valence-electron chi connectivity index (χ0n) is 12.7. The van der Waals surface area contributed by atoms with Crippen molar-refractivity contribution in [2.24, 2.45) is 0 Å². The Bertz CT molecular complexity index is 462. The number of amides is 2. The smallest absolute Gasteiger partial charge is 0.234 e. The Morgan fingerprint density at radius 1 is 1.19 bits per heavy atom. The fourth-order valence-electron chi connectivity index (χ4n) is 1.56. The predicted molar refractivity (Wildman–Crippen MR) is 88.7 cm³/mol. The number of likely N-dealkylation sites (N-methyl/N-ethyl adjacent to an activating group) is 1. The Balaban J connectivity index is 2.28.